The van der Waals surface area contributed by atoms with Gasteiger partial charge in [0.15, 0.2) is 11.0 Å². The van der Waals surface area contributed by atoms with Gasteiger partial charge in [-0.1, -0.05) is 23.9 Å². The van der Waals surface area contributed by atoms with E-state index in [0.717, 1.165) is 11.4 Å². The number of thioether (sulfide) groups is 1. The predicted octanol–water partition coefficient (Wildman–Crippen LogP) is 2.80. The second kappa shape index (κ2) is 7.80. The number of carbonyl (C=O) groups is 1. The highest BCUT2D eigenvalue weighted by Crippen LogP contribution is 2.25. The number of hydrogen-bond acceptors (Lipinski definition) is 6. The van der Waals surface area contributed by atoms with E-state index in [9.17, 15) is 9.90 Å². The third-order valence-corrected chi connectivity index (χ3v) is 4.43. The molecule has 3 rings (SSSR count). The number of nitrogens with zero attached hydrogens (tertiary/aromatic N) is 4. The first kappa shape index (κ1) is 17.0. The van der Waals surface area contributed by atoms with E-state index in [1.807, 2.05) is 23.6 Å². The zero-order chi connectivity index (χ0) is 17.6. The van der Waals surface area contributed by atoms with Gasteiger partial charge in [-0.15, -0.1) is 10.2 Å². The standard InChI is InChI=1S/C17H17N5O2S/c1-2-22-16(12-6-5-9-18-10-12)20-21-17(22)25-11-15(24)19-13-7-3-4-8-14(13)23/h3-10,23H,2,11H2,1H3,(H,19,24). The zero-order valence-electron chi connectivity index (χ0n) is 13.6. The van der Waals surface area contributed by atoms with E-state index >= 15 is 0 Å². The van der Waals surface area contributed by atoms with Crippen molar-refractivity contribution in [1.29, 1.82) is 0 Å². The first-order valence-electron chi connectivity index (χ1n) is 7.73. The van der Waals surface area contributed by atoms with E-state index < -0.39 is 0 Å². The van der Waals surface area contributed by atoms with E-state index in [-0.39, 0.29) is 17.4 Å². The highest BCUT2D eigenvalue weighted by Gasteiger charge is 2.15. The molecule has 2 N–H and O–H groups in total. The molecule has 0 radical (unpaired) electrons. The Balaban J connectivity index is 1.68. The highest BCUT2D eigenvalue weighted by molar-refractivity contribution is 7.99. The van der Waals surface area contributed by atoms with E-state index in [4.69, 9.17) is 0 Å². The Morgan fingerprint density at radius 3 is 2.80 bits per heavy atom. The van der Waals surface area contributed by atoms with Crippen molar-refractivity contribution >= 4 is 23.4 Å². The van der Waals surface area contributed by atoms with Gasteiger partial charge in [-0.3, -0.25) is 9.78 Å². The molecule has 1 amide bonds. The number of hydrogen-bond donors (Lipinski definition) is 2. The maximum absolute atomic E-state index is 12.1. The van der Waals surface area contributed by atoms with Gasteiger partial charge in [0.1, 0.15) is 5.75 Å². The van der Waals surface area contributed by atoms with Gasteiger partial charge in [0.25, 0.3) is 0 Å². The summed E-state index contributed by atoms with van der Waals surface area (Å²) in [5.41, 5.74) is 1.27. The minimum Gasteiger partial charge on any atom is -0.506 e. The third-order valence-electron chi connectivity index (χ3n) is 3.46. The van der Waals surface area contributed by atoms with E-state index in [0.29, 0.717) is 17.4 Å². The first-order valence-corrected chi connectivity index (χ1v) is 8.72. The average molecular weight is 355 g/mol. The quantitative estimate of drug-likeness (QED) is 0.522. The topological polar surface area (TPSA) is 92.9 Å². The summed E-state index contributed by atoms with van der Waals surface area (Å²) < 4.78 is 1.94. The first-order chi connectivity index (χ1) is 12.2. The van der Waals surface area contributed by atoms with Crippen LogP contribution in [0.1, 0.15) is 6.92 Å². The third kappa shape index (κ3) is 3.97. The summed E-state index contributed by atoms with van der Waals surface area (Å²) in [4.78, 5) is 16.2. The van der Waals surface area contributed by atoms with Crippen LogP contribution in [-0.2, 0) is 11.3 Å². The monoisotopic (exact) mass is 355 g/mol. The molecular weight excluding hydrogens is 338 g/mol. The summed E-state index contributed by atoms with van der Waals surface area (Å²) in [6.45, 7) is 2.68. The molecule has 0 unspecified atom stereocenters. The Hall–Kier alpha value is -2.87. The SMILES string of the molecule is CCn1c(SCC(=O)Nc2ccccc2O)nnc1-c1cccnc1. The van der Waals surface area contributed by atoms with Gasteiger partial charge >= 0.3 is 0 Å². The number of aromatic nitrogens is 4. The van der Waals surface area contributed by atoms with Gasteiger partial charge in [-0.25, -0.2) is 0 Å². The van der Waals surface area contributed by atoms with Crippen molar-refractivity contribution in [2.75, 3.05) is 11.1 Å². The van der Waals surface area contributed by atoms with Crippen molar-refractivity contribution in [3.8, 4) is 17.1 Å². The van der Waals surface area contributed by atoms with Crippen LogP contribution in [0.15, 0.2) is 53.9 Å². The number of aromatic hydroxyl groups is 1. The number of nitrogens with one attached hydrogen (secondary N) is 1. The van der Waals surface area contributed by atoms with Gasteiger partial charge in [-0.05, 0) is 31.2 Å². The number of carbonyl (C=O) groups excluding carboxylic acids is 1. The molecule has 128 valence electrons. The van der Waals surface area contributed by atoms with Crippen molar-refractivity contribution < 1.29 is 9.90 Å². The van der Waals surface area contributed by atoms with Crippen LogP contribution >= 0.6 is 11.8 Å². The lowest BCUT2D eigenvalue weighted by Gasteiger charge is -2.08. The molecule has 0 spiro atoms. The van der Waals surface area contributed by atoms with Crippen molar-refractivity contribution in [3.63, 3.8) is 0 Å². The van der Waals surface area contributed by atoms with E-state index in [2.05, 4.69) is 20.5 Å². The van der Waals surface area contributed by atoms with Gasteiger partial charge in [0.2, 0.25) is 5.91 Å². The second-order valence-corrected chi connectivity index (χ2v) is 6.09. The van der Waals surface area contributed by atoms with Gasteiger partial charge < -0.3 is 15.0 Å². The van der Waals surface area contributed by atoms with Crippen molar-refractivity contribution in [3.05, 3.63) is 48.8 Å². The average Bonchev–Trinajstić information content (AvgIpc) is 3.05. The minimum absolute atomic E-state index is 0.0384. The van der Waals surface area contributed by atoms with Crippen LogP contribution in [0, 0.1) is 0 Å². The van der Waals surface area contributed by atoms with Crippen LogP contribution in [0.4, 0.5) is 5.69 Å². The van der Waals surface area contributed by atoms with Gasteiger partial charge in [-0.2, -0.15) is 0 Å². The Bertz CT molecular complexity index is 866. The van der Waals surface area contributed by atoms with Crippen LogP contribution in [-0.4, -0.2) is 36.5 Å². The molecule has 8 heteroatoms. The molecule has 7 nitrogen and oxygen atoms in total. The van der Waals surface area contributed by atoms with Crippen LogP contribution in [0.5, 0.6) is 5.75 Å². The normalized spacial score (nSPS) is 10.6. The highest BCUT2D eigenvalue weighted by atomic mass is 32.2. The minimum atomic E-state index is -0.222. The maximum atomic E-state index is 12.1. The molecule has 0 aliphatic carbocycles. The summed E-state index contributed by atoms with van der Waals surface area (Å²) in [5.74, 6) is 0.704. The second-order valence-electron chi connectivity index (χ2n) is 5.15. The molecule has 0 saturated carbocycles. The van der Waals surface area contributed by atoms with Crippen molar-refractivity contribution in [1.82, 2.24) is 19.7 Å². The smallest absolute Gasteiger partial charge is 0.234 e. The fraction of sp³-hybridized carbons (Fsp3) is 0.176. The molecule has 3 aromatic rings. The largest absolute Gasteiger partial charge is 0.506 e. The fourth-order valence-electron chi connectivity index (χ4n) is 2.28. The Morgan fingerprint density at radius 1 is 1.24 bits per heavy atom. The number of anilines is 1. The van der Waals surface area contributed by atoms with Crippen LogP contribution in [0.3, 0.4) is 0 Å². The lowest BCUT2D eigenvalue weighted by atomic mass is 10.3. The Labute approximate surface area is 149 Å². The molecule has 25 heavy (non-hydrogen) atoms. The summed E-state index contributed by atoms with van der Waals surface area (Å²) in [6.07, 6.45) is 3.44. The van der Waals surface area contributed by atoms with Gasteiger partial charge in [0, 0.05) is 24.5 Å². The van der Waals surface area contributed by atoms with Crippen LogP contribution < -0.4 is 5.32 Å². The van der Waals surface area contributed by atoms with Gasteiger partial charge in [0.05, 0.1) is 11.4 Å². The van der Waals surface area contributed by atoms with Crippen molar-refractivity contribution in [2.24, 2.45) is 0 Å². The molecule has 0 fully saturated rings. The number of amides is 1. The summed E-state index contributed by atoms with van der Waals surface area (Å²) in [6, 6.07) is 10.4. The van der Waals surface area contributed by atoms with E-state index in [1.165, 1.54) is 17.8 Å². The number of rotatable bonds is 6. The van der Waals surface area contributed by atoms with E-state index in [1.54, 1.807) is 30.6 Å². The number of phenols is 1. The van der Waals surface area contributed by atoms with Crippen LogP contribution in [0.2, 0.25) is 0 Å². The summed E-state index contributed by atoms with van der Waals surface area (Å²) >= 11 is 1.30. The molecule has 0 aliphatic rings. The summed E-state index contributed by atoms with van der Waals surface area (Å²) in [5, 5.41) is 21.4. The molecule has 0 saturated heterocycles. The maximum Gasteiger partial charge on any atom is 0.234 e. The number of para-hydroxylation sites is 2. The van der Waals surface area contributed by atoms with Crippen molar-refractivity contribution in [2.45, 2.75) is 18.6 Å². The number of pyridine rings is 1. The number of phenolic OH excluding ortho intramolecular Hbond substituents is 1. The lowest BCUT2D eigenvalue weighted by Crippen LogP contribution is -2.14. The molecule has 0 atom stereocenters. The molecule has 0 bridgehead atoms. The fourth-order valence-corrected chi connectivity index (χ4v) is 3.09. The van der Waals surface area contributed by atoms with Crippen LogP contribution in [0.25, 0.3) is 11.4 Å². The number of benzene rings is 1. The Morgan fingerprint density at radius 2 is 2.08 bits per heavy atom. The molecule has 0 aliphatic heterocycles. The predicted molar refractivity (Wildman–Crippen MR) is 96.4 cm³/mol. The molecule has 1 aromatic carbocycles. The zero-order valence-corrected chi connectivity index (χ0v) is 14.4. The lowest BCUT2D eigenvalue weighted by molar-refractivity contribution is -0.113. The summed E-state index contributed by atoms with van der Waals surface area (Å²) in [7, 11) is 0. The molecule has 2 aromatic heterocycles. The Kier molecular flexibility index (Phi) is 5.30. The molecular formula is C17H17N5O2S. The molecule has 2 heterocycles.